The highest BCUT2D eigenvalue weighted by Gasteiger charge is 2.12. The topological polar surface area (TPSA) is 157 Å². The number of carbonyl (C=O) groups is 4. The molecule has 0 saturated heterocycles. The lowest BCUT2D eigenvalue weighted by Crippen LogP contribution is -2.12. The largest absolute Gasteiger partial charge is 0.506 e. The van der Waals surface area contributed by atoms with Crippen LogP contribution in [0.5, 0.6) is 11.5 Å². The lowest BCUT2D eigenvalue weighted by Gasteiger charge is -2.11. The van der Waals surface area contributed by atoms with Crippen LogP contribution in [0.2, 0.25) is 0 Å². The predicted octanol–water partition coefficient (Wildman–Crippen LogP) is 7.44. The normalized spacial score (nSPS) is 10.2. The maximum atomic E-state index is 12.4. The number of ketones is 2. The zero-order chi connectivity index (χ0) is 34.8. The average molecular weight is 645 g/mol. The van der Waals surface area contributed by atoms with Gasteiger partial charge >= 0.3 is 0 Å². The Labute approximate surface area is 278 Å². The van der Waals surface area contributed by atoms with Gasteiger partial charge in [-0.3, -0.25) is 19.2 Å². The molecule has 0 heterocycles. The Bertz CT molecular complexity index is 1940. The quantitative estimate of drug-likeness (QED) is 0.0714. The predicted molar refractivity (Wildman–Crippen MR) is 190 cm³/mol. The highest BCUT2D eigenvalue weighted by atomic mass is 16.3. The highest BCUT2D eigenvalue weighted by Crippen LogP contribution is 2.34. The van der Waals surface area contributed by atoms with E-state index in [1.165, 1.54) is 19.9 Å². The SMILES string of the molecule is CNc1ccc(-c2ccc(NC(=O)c3ccc(C(C)=O)cc3)c(O)c2)cc1O.CNc1ccc(NC(=O)c2ccc(C(C)=O)cc2)cc1. The van der Waals surface area contributed by atoms with Gasteiger partial charge in [-0.25, -0.2) is 0 Å². The van der Waals surface area contributed by atoms with Crippen LogP contribution >= 0.6 is 0 Å². The number of Topliss-reactive ketones (excluding diaryl/α,β-unsaturated/α-hetero) is 2. The summed E-state index contributed by atoms with van der Waals surface area (Å²) in [6.07, 6.45) is 0. The van der Waals surface area contributed by atoms with Gasteiger partial charge in [-0.15, -0.1) is 0 Å². The number of phenolic OH excluding ortho intramolecular Hbond substituents is 2. The number of hydrogen-bond acceptors (Lipinski definition) is 8. The van der Waals surface area contributed by atoms with Crippen LogP contribution in [0.4, 0.5) is 22.7 Å². The summed E-state index contributed by atoms with van der Waals surface area (Å²) in [7, 11) is 3.55. The van der Waals surface area contributed by atoms with E-state index in [-0.39, 0.29) is 34.7 Å². The Kier molecular flexibility index (Phi) is 11.3. The minimum absolute atomic E-state index is 0.0142. The molecule has 0 aliphatic carbocycles. The van der Waals surface area contributed by atoms with E-state index in [0.29, 0.717) is 33.5 Å². The van der Waals surface area contributed by atoms with Gasteiger partial charge in [-0.05, 0) is 97.8 Å². The summed E-state index contributed by atoms with van der Waals surface area (Å²) in [5.74, 6) is -0.672. The van der Waals surface area contributed by atoms with Crippen molar-refractivity contribution in [2.45, 2.75) is 13.8 Å². The number of benzene rings is 5. The molecule has 5 rings (SSSR count). The van der Waals surface area contributed by atoms with Crippen LogP contribution < -0.4 is 21.3 Å². The van der Waals surface area contributed by atoms with E-state index in [4.69, 9.17) is 0 Å². The number of hydrogen-bond donors (Lipinski definition) is 6. The van der Waals surface area contributed by atoms with E-state index in [2.05, 4.69) is 21.3 Å². The smallest absolute Gasteiger partial charge is 0.255 e. The van der Waals surface area contributed by atoms with Crippen LogP contribution in [0.15, 0.2) is 109 Å². The summed E-state index contributed by atoms with van der Waals surface area (Å²) >= 11 is 0. The first-order valence-corrected chi connectivity index (χ1v) is 15.0. The first-order valence-electron chi connectivity index (χ1n) is 15.0. The Morgan fingerprint density at radius 3 is 1.25 bits per heavy atom. The van der Waals surface area contributed by atoms with E-state index in [1.54, 1.807) is 79.8 Å². The second-order valence-corrected chi connectivity index (χ2v) is 10.7. The molecule has 0 saturated carbocycles. The fourth-order valence-electron chi connectivity index (χ4n) is 4.57. The Morgan fingerprint density at radius 1 is 0.458 bits per heavy atom. The van der Waals surface area contributed by atoms with E-state index >= 15 is 0 Å². The molecule has 0 unspecified atom stereocenters. The molecule has 244 valence electrons. The zero-order valence-corrected chi connectivity index (χ0v) is 26.9. The van der Waals surface area contributed by atoms with Crippen LogP contribution in [0.3, 0.4) is 0 Å². The summed E-state index contributed by atoms with van der Waals surface area (Å²) in [6, 6.07) is 30.3. The molecule has 5 aromatic carbocycles. The van der Waals surface area contributed by atoms with Gasteiger partial charge in [0.25, 0.3) is 11.8 Å². The monoisotopic (exact) mass is 644 g/mol. The van der Waals surface area contributed by atoms with Crippen molar-refractivity contribution >= 4 is 46.1 Å². The van der Waals surface area contributed by atoms with Crippen LogP contribution in [-0.2, 0) is 0 Å². The van der Waals surface area contributed by atoms with Crippen molar-refractivity contribution < 1.29 is 29.4 Å². The number of aromatic hydroxyl groups is 2. The maximum absolute atomic E-state index is 12.4. The number of amides is 2. The summed E-state index contributed by atoms with van der Waals surface area (Å²) in [5, 5.41) is 31.6. The molecule has 0 aromatic heterocycles. The van der Waals surface area contributed by atoms with Crippen molar-refractivity contribution in [2.75, 3.05) is 35.4 Å². The third-order valence-electron chi connectivity index (χ3n) is 7.39. The molecule has 10 heteroatoms. The van der Waals surface area contributed by atoms with Crippen LogP contribution in [0, 0.1) is 0 Å². The van der Waals surface area contributed by atoms with Crippen molar-refractivity contribution in [2.24, 2.45) is 0 Å². The molecule has 0 bridgehead atoms. The maximum Gasteiger partial charge on any atom is 0.255 e. The van der Waals surface area contributed by atoms with Gasteiger partial charge in [0, 0.05) is 47.7 Å². The molecule has 0 spiro atoms. The van der Waals surface area contributed by atoms with Gasteiger partial charge in [0.1, 0.15) is 11.5 Å². The molecule has 5 aromatic rings. The number of phenols is 2. The number of rotatable bonds is 9. The molecule has 2 amide bonds. The summed E-state index contributed by atoms with van der Waals surface area (Å²) in [5.41, 5.74) is 6.01. The first kappa shape index (κ1) is 34.5. The zero-order valence-electron chi connectivity index (χ0n) is 26.9. The van der Waals surface area contributed by atoms with Gasteiger partial charge in [0.05, 0.1) is 11.4 Å². The van der Waals surface area contributed by atoms with Crippen molar-refractivity contribution in [1.29, 1.82) is 0 Å². The van der Waals surface area contributed by atoms with Gasteiger partial charge in [-0.2, -0.15) is 0 Å². The standard InChI is InChI=1S/C22H20N2O4.C16H16N2O2/c1-13(25)14-3-5-15(6-4-14)22(28)24-19-10-8-17(12-21(19)27)16-7-9-18(23-2)20(26)11-16;1-11(19)12-3-5-13(6-4-12)16(20)18-15-9-7-14(17-2)8-10-15/h3-12,23,26-27H,1-2H3,(H,24,28);3-10,17H,1-2H3,(H,18,20). The molecular formula is C38H36N4O6. The van der Waals surface area contributed by atoms with E-state index in [0.717, 1.165) is 16.9 Å². The van der Waals surface area contributed by atoms with E-state index in [1.807, 2.05) is 37.4 Å². The van der Waals surface area contributed by atoms with E-state index in [9.17, 15) is 29.4 Å². The second-order valence-electron chi connectivity index (χ2n) is 10.7. The summed E-state index contributed by atoms with van der Waals surface area (Å²) in [4.78, 5) is 46.9. The molecular weight excluding hydrogens is 608 g/mol. The lowest BCUT2D eigenvalue weighted by atomic mass is 10.0. The van der Waals surface area contributed by atoms with Crippen molar-refractivity contribution in [3.8, 4) is 22.6 Å². The number of anilines is 4. The molecule has 6 N–H and O–H groups in total. The third kappa shape index (κ3) is 8.85. The Balaban J connectivity index is 0.000000229. The van der Waals surface area contributed by atoms with Crippen molar-refractivity contribution in [3.05, 3.63) is 131 Å². The second kappa shape index (κ2) is 15.7. The van der Waals surface area contributed by atoms with Crippen LogP contribution in [-0.4, -0.2) is 47.7 Å². The van der Waals surface area contributed by atoms with Gasteiger partial charge in [0.2, 0.25) is 0 Å². The van der Waals surface area contributed by atoms with Gasteiger partial charge < -0.3 is 31.5 Å². The highest BCUT2D eigenvalue weighted by molar-refractivity contribution is 6.06. The molecule has 48 heavy (non-hydrogen) atoms. The van der Waals surface area contributed by atoms with Crippen molar-refractivity contribution in [3.63, 3.8) is 0 Å². The van der Waals surface area contributed by atoms with Crippen molar-refractivity contribution in [1.82, 2.24) is 0 Å². The Hall–Kier alpha value is -6.42. The third-order valence-corrected chi connectivity index (χ3v) is 7.39. The number of carbonyl (C=O) groups excluding carboxylic acids is 4. The van der Waals surface area contributed by atoms with Crippen LogP contribution in [0.25, 0.3) is 11.1 Å². The molecule has 10 nitrogen and oxygen atoms in total. The fourth-order valence-corrected chi connectivity index (χ4v) is 4.57. The molecule has 0 fully saturated rings. The molecule has 0 atom stereocenters. The molecule has 0 radical (unpaired) electrons. The minimum Gasteiger partial charge on any atom is -0.506 e. The lowest BCUT2D eigenvalue weighted by molar-refractivity contribution is 0.100. The average Bonchev–Trinajstić information content (AvgIpc) is 3.09. The fraction of sp³-hybridized carbons (Fsp3) is 0.105. The molecule has 0 aliphatic rings. The van der Waals surface area contributed by atoms with Gasteiger partial charge in [-0.1, -0.05) is 36.4 Å². The number of nitrogens with one attached hydrogen (secondary N) is 4. The minimum atomic E-state index is -0.394. The summed E-state index contributed by atoms with van der Waals surface area (Å²) in [6.45, 7) is 2.96. The Morgan fingerprint density at radius 2 is 0.854 bits per heavy atom. The first-order chi connectivity index (χ1) is 23.0. The van der Waals surface area contributed by atoms with E-state index < -0.39 is 5.91 Å². The van der Waals surface area contributed by atoms with Gasteiger partial charge in [0.15, 0.2) is 11.6 Å². The summed E-state index contributed by atoms with van der Waals surface area (Å²) < 4.78 is 0. The van der Waals surface area contributed by atoms with Crippen LogP contribution in [0.1, 0.15) is 55.3 Å². The molecule has 0 aliphatic heterocycles.